The van der Waals surface area contributed by atoms with E-state index in [4.69, 9.17) is 4.74 Å². The highest BCUT2D eigenvalue weighted by Gasteiger charge is 2.25. The third-order valence-corrected chi connectivity index (χ3v) is 4.71. The number of hydrogen-bond acceptors (Lipinski definition) is 7. The van der Waals surface area contributed by atoms with Gasteiger partial charge in [0.15, 0.2) is 5.82 Å². The lowest BCUT2D eigenvalue weighted by atomic mass is 9.98. The minimum Gasteiger partial charge on any atom is -0.612 e. The van der Waals surface area contributed by atoms with E-state index in [1.807, 2.05) is 30.3 Å². The molecule has 9 heteroatoms. The van der Waals surface area contributed by atoms with E-state index in [-0.39, 0.29) is 29.0 Å². The van der Waals surface area contributed by atoms with E-state index in [2.05, 4.69) is 20.6 Å². The monoisotopic (exact) mass is 392 g/mol. The molecule has 148 valence electrons. The number of rotatable bonds is 2. The van der Waals surface area contributed by atoms with Crippen molar-refractivity contribution in [3.05, 3.63) is 92.2 Å². The Balaban J connectivity index is 1.83. The minimum absolute atomic E-state index is 0.00496. The van der Waals surface area contributed by atoms with E-state index in [0.717, 1.165) is 16.8 Å². The molecular weight excluding hydrogens is 374 g/mol. The number of aromatic amines is 1. The maximum Gasteiger partial charge on any atom is 0.298 e. The number of fused-ring (bicyclic) bond motifs is 1. The van der Waals surface area contributed by atoms with Crippen molar-refractivity contribution in [1.82, 2.24) is 9.97 Å². The molecule has 0 saturated heterocycles. The molecule has 1 atom stereocenters. The van der Waals surface area contributed by atoms with Crippen molar-refractivity contribution >= 4 is 17.2 Å². The minimum atomic E-state index is -0.445. The van der Waals surface area contributed by atoms with Gasteiger partial charge in [-0.15, -0.1) is 0 Å². The van der Waals surface area contributed by atoms with Gasteiger partial charge in [0.05, 0.1) is 13.2 Å². The summed E-state index contributed by atoms with van der Waals surface area (Å²) < 4.78 is 5.08. The van der Waals surface area contributed by atoms with Crippen LogP contribution in [0.5, 0.6) is 6.01 Å². The van der Waals surface area contributed by atoms with Crippen LogP contribution in [0.3, 0.4) is 0 Å². The Morgan fingerprint density at radius 1 is 1.14 bits per heavy atom. The number of nitrogens with one attached hydrogen (secondary N) is 3. The summed E-state index contributed by atoms with van der Waals surface area (Å²) in [7, 11) is 1.43. The van der Waals surface area contributed by atoms with Crippen molar-refractivity contribution in [2.45, 2.75) is 12.5 Å². The Hall–Kier alpha value is -4.01. The van der Waals surface area contributed by atoms with Gasteiger partial charge in [-0.2, -0.15) is 9.89 Å². The van der Waals surface area contributed by atoms with Crippen LogP contribution in [-0.2, 0) is 0 Å². The summed E-state index contributed by atoms with van der Waals surface area (Å²) in [5.74, 6) is 0.372. The van der Waals surface area contributed by atoms with E-state index < -0.39 is 4.90 Å². The summed E-state index contributed by atoms with van der Waals surface area (Å²) in [6, 6.07) is 9.71. The summed E-state index contributed by atoms with van der Waals surface area (Å²) >= 11 is 0. The van der Waals surface area contributed by atoms with Crippen LogP contribution in [0.4, 0.5) is 11.5 Å². The third kappa shape index (κ3) is 3.70. The molecule has 1 aliphatic heterocycles. The summed E-state index contributed by atoms with van der Waals surface area (Å²) in [4.78, 5) is 19.0. The van der Waals surface area contributed by atoms with E-state index in [1.165, 1.54) is 19.3 Å². The van der Waals surface area contributed by atoms with Crippen LogP contribution < -0.4 is 20.9 Å². The van der Waals surface area contributed by atoms with Gasteiger partial charge in [-0.25, -0.2) is 0 Å². The van der Waals surface area contributed by atoms with Gasteiger partial charge in [0.1, 0.15) is 5.69 Å². The van der Waals surface area contributed by atoms with E-state index in [9.17, 15) is 15.2 Å². The van der Waals surface area contributed by atoms with Gasteiger partial charge in [0.2, 0.25) is 5.71 Å². The molecule has 29 heavy (non-hydrogen) atoms. The largest absolute Gasteiger partial charge is 0.612 e. The van der Waals surface area contributed by atoms with E-state index >= 15 is 0 Å². The van der Waals surface area contributed by atoms with Crippen LogP contribution in [-0.4, -0.2) is 27.7 Å². The van der Waals surface area contributed by atoms with Crippen LogP contribution in [0.2, 0.25) is 0 Å². The molecule has 2 aromatic rings. The number of H-pyrrole nitrogens is 1. The normalized spacial score (nSPS) is 17.8. The van der Waals surface area contributed by atoms with Gasteiger partial charge in [-0.05, 0) is 23.3 Å². The highest BCUT2D eigenvalue weighted by Crippen LogP contribution is 2.34. The number of aromatic nitrogens is 2. The lowest BCUT2D eigenvalue weighted by Gasteiger charge is -2.19. The van der Waals surface area contributed by atoms with Gasteiger partial charge in [0, 0.05) is 24.3 Å². The fourth-order valence-electron chi connectivity index (χ4n) is 3.25. The Morgan fingerprint density at radius 3 is 2.52 bits per heavy atom. The number of methoxy groups -OCH3 is 1. The predicted molar refractivity (Wildman–Crippen MR) is 110 cm³/mol. The number of hydrogen-bond donors (Lipinski definition) is 3. The second-order valence-electron chi connectivity index (χ2n) is 6.52. The summed E-state index contributed by atoms with van der Waals surface area (Å²) in [6.07, 6.45) is 6.73. The van der Waals surface area contributed by atoms with Gasteiger partial charge >= 0.3 is 0 Å². The lowest BCUT2D eigenvalue weighted by Crippen LogP contribution is -2.17. The molecular formula is C20H18N5O4-. The molecule has 1 aliphatic carbocycles. The zero-order valence-corrected chi connectivity index (χ0v) is 15.5. The fraction of sp³-hybridized carbons (Fsp3) is 0.150. The third-order valence-electron chi connectivity index (χ3n) is 4.71. The molecule has 0 fully saturated rings. The standard InChI is InChI=1S/C20H18N5O4/c1-29-20-23-18-17(19(26)24-20)21-15(13-7-9-14(10-8-13)25(27)28)11-16(22-18)12-5-3-2-4-6-12/h2-10,16,21H,11H2,1H3,(H2-,22,23,24,26,27,28)/q-1. The molecule has 1 aromatic heterocycles. The molecule has 1 aromatic carbocycles. The fourth-order valence-corrected chi connectivity index (χ4v) is 3.25. The Bertz CT molecular complexity index is 1090. The molecule has 2 aliphatic rings. The summed E-state index contributed by atoms with van der Waals surface area (Å²) in [5, 5.41) is 28.4. The van der Waals surface area contributed by atoms with Gasteiger partial charge < -0.3 is 25.8 Å². The van der Waals surface area contributed by atoms with Crippen LogP contribution in [0.15, 0.2) is 70.7 Å². The second kappa shape index (κ2) is 7.55. The quantitative estimate of drug-likeness (QED) is 0.529. The molecule has 0 saturated carbocycles. The Labute approximate surface area is 165 Å². The topological polar surface area (TPSA) is 128 Å². The van der Waals surface area contributed by atoms with Crippen LogP contribution in [0, 0.1) is 10.4 Å². The van der Waals surface area contributed by atoms with Gasteiger partial charge in [-0.1, -0.05) is 30.3 Å². The molecule has 1 unspecified atom stereocenters. The number of ether oxygens (including phenoxy) is 1. The average molecular weight is 392 g/mol. The second-order valence-corrected chi connectivity index (χ2v) is 6.52. The first-order valence-electron chi connectivity index (χ1n) is 8.92. The van der Waals surface area contributed by atoms with Crippen molar-refractivity contribution in [1.29, 1.82) is 0 Å². The van der Waals surface area contributed by atoms with Crippen LogP contribution in [0.1, 0.15) is 18.0 Å². The first-order valence-corrected chi connectivity index (χ1v) is 8.92. The molecule has 0 spiro atoms. The lowest BCUT2D eigenvalue weighted by molar-refractivity contribution is -0.377. The molecule has 4 rings (SSSR count). The van der Waals surface area contributed by atoms with Gasteiger partial charge in [-0.3, -0.25) is 9.78 Å². The summed E-state index contributed by atoms with van der Waals surface area (Å²) in [5.41, 5.74) is 2.40. The zero-order valence-electron chi connectivity index (χ0n) is 15.5. The molecule has 0 amide bonds. The van der Waals surface area contributed by atoms with Crippen molar-refractivity contribution in [2.75, 3.05) is 17.7 Å². The molecule has 0 bridgehead atoms. The maximum absolute atomic E-state index is 12.6. The number of anilines is 2. The van der Waals surface area contributed by atoms with Gasteiger partial charge in [0.25, 0.3) is 11.6 Å². The van der Waals surface area contributed by atoms with Crippen molar-refractivity contribution in [2.24, 2.45) is 0 Å². The van der Waals surface area contributed by atoms with E-state index in [0.29, 0.717) is 12.2 Å². The Morgan fingerprint density at radius 2 is 1.86 bits per heavy atom. The highest BCUT2D eigenvalue weighted by atomic mass is 16.8. The maximum atomic E-state index is 12.6. The first kappa shape index (κ1) is 18.4. The Kier molecular flexibility index (Phi) is 4.78. The van der Waals surface area contributed by atoms with Crippen molar-refractivity contribution in [3.63, 3.8) is 0 Å². The number of allylic oxidation sites excluding steroid dienone is 5. The molecule has 9 nitrogen and oxygen atoms in total. The van der Waals surface area contributed by atoms with Crippen molar-refractivity contribution < 1.29 is 9.64 Å². The smallest absolute Gasteiger partial charge is 0.298 e. The molecule has 3 N–H and O–H groups in total. The average Bonchev–Trinajstić information content (AvgIpc) is 2.94. The number of benzene rings is 1. The highest BCUT2D eigenvalue weighted by molar-refractivity contribution is 6.02. The molecule has 2 heterocycles. The SMILES string of the molecule is COc1nc2c(c(=O)[nH]1)NC(=C1C=CC(=[N+]([O-])[O-])C=C1)CC(c1ccccc1)N2. The van der Waals surface area contributed by atoms with Crippen LogP contribution >= 0.6 is 0 Å². The zero-order chi connectivity index (χ0) is 20.4. The number of nitrogens with zero attached hydrogens (tertiary/aromatic N) is 2. The van der Waals surface area contributed by atoms with Crippen molar-refractivity contribution in [3.8, 4) is 6.01 Å². The predicted octanol–water partition coefficient (Wildman–Crippen LogP) is 2.58. The molecule has 0 radical (unpaired) electrons. The summed E-state index contributed by atoms with van der Waals surface area (Å²) in [6.45, 7) is 0. The first-order chi connectivity index (χ1) is 14.0. The van der Waals surface area contributed by atoms with E-state index in [1.54, 1.807) is 12.2 Å². The van der Waals surface area contributed by atoms with Crippen LogP contribution in [0.25, 0.3) is 0 Å².